The fraction of sp³-hybridized carbons (Fsp3) is 0.0870. The minimum atomic E-state index is -0.210. The van der Waals surface area contributed by atoms with Crippen LogP contribution in [0.2, 0.25) is 10.0 Å². The monoisotopic (exact) mass is 424 g/mol. The SMILES string of the molecule is O=C(NCCO)c1cccc(-c2ccc3ccn(-c4ccc(Cl)cc4Cl)c3c2)c1. The Kier molecular flexibility index (Phi) is 5.58. The lowest BCUT2D eigenvalue weighted by Gasteiger charge is -2.10. The molecule has 0 radical (unpaired) electrons. The third-order valence-corrected chi connectivity index (χ3v) is 5.26. The summed E-state index contributed by atoms with van der Waals surface area (Å²) in [6, 6.07) is 21.0. The summed E-state index contributed by atoms with van der Waals surface area (Å²) < 4.78 is 2.02. The van der Waals surface area contributed by atoms with E-state index in [4.69, 9.17) is 28.3 Å². The summed E-state index contributed by atoms with van der Waals surface area (Å²) in [4.78, 5) is 12.2. The van der Waals surface area contributed by atoms with Crippen molar-refractivity contribution in [3.05, 3.63) is 88.5 Å². The summed E-state index contributed by atoms with van der Waals surface area (Å²) in [5, 5.41) is 13.8. The van der Waals surface area contributed by atoms with Gasteiger partial charge in [0.15, 0.2) is 0 Å². The number of hydrogen-bond donors (Lipinski definition) is 2. The number of aliphatic hydroxyl groups is 1. The van der Waals surface area contributed by atoms with Crippen LogP contribution in [0.25, 0.3) is 27.7 Å². The van der Waals surface area contributed by atoms with Gasteiger partial charge in [-0.05, 0) is 59.0 Å². The first-order valence-corrected chi connectivity index (χ1v) is 9.88. The number of aromatic nitrogens is 1. The van der Waals surface area contributed by atoms with E-state index < -0.39 is 0 Å². The van der Waals surface area contributed by atoms with Gasteiger partial charge in [-0.3, -0.25) is 4.79 Å². The summed E-state index contributed by atoms with van der Waals surface area (Å²) >= 11 is 12.4. The molecule has 1 heterocycles. The van der Waals surface area contributed by atoms with Gasteiger partial charge >= 0.3 is 0 Å². The topological polar surface area (TPSA) is 54.3 Å². The third-order valence-electron chi connectivity index (χ3n) is 4.72. The normalized spacial score (nSPS) is 11.0. The average molecular weight is 425 g/mol. The zero-order chi connectivity index (χ0) is 20.4. The molecule has 0 aliphatic heterocycles. The lowest BCUT2D eigenvalue weighted by atomic mass is 10.0. The molecular formula is C23H18Cl2N2O2. The average Bonchev–Trinajstić information content (AvgIpc) is 3.15. The molecule has 2 N–H and O–H groups in total. The first-order valence-electron chi connectivity index (χ1n) is 9.13. The quantitative estimate of drug-likeness (QED) is 0.454. The van der Waals surface area contributed by atoms with Gasteiger partial charge in [-0.15, -0.1) is 0 Å². The number of amides is 1. The molecule has 4 aromatic rings. The maximum atomic E-state index is 12.2. The molecule has 29 heavy (non-hydrogen) atoms. The number of carbonyl (C=O) groups excluding carboxylic acids is 1. The Morgan fingerprint density at radius 2 is 1.79 bits per heavy atom. The molecule has 0 aliphatic rings. The lowest BCUT2D eigenvalue weighted by molar-refractivity contribution is 0.0945. The molecule has 146 valence electrons. The van der Waals surface area contributed by atoms with Gasteiger partial charge in [-0.1, -0.05) is 47.5 Å². The molecule has 0 fully saturated rings. The highest BCUT2D eigenvalue weighted by molar-refractivity contribution is 6.35. The summed E-state index contributed by atoms with van der Waals surface area (Å²) in [6.07, 6.45) is 1.97. The largest absolute Gasteiger partial charge is 0.395 e. The number of rotatable bonds is 5. The van der Waals surface area contributed by atoms with Crippen LogP contribution in [0.5, 0.6) is 0 Å². The molecule has 0 saturated heterocycles. The summed E-state index contributed by atoms with van der Waals surface area (Å²) in [7, 11) is 0. The number of halogens is 2. The Bertz CT molecular complexity index is 1200. The zero-order valence-electron chi connectivity index (χ0n) is 15.4. The van der Waals surface area contributed by atoms with Crippen molar-refractivity contribution >= 4 is 40.0 Å². The number of carbonyl (C=O) groups is 1. The van der Waals surface area contributed by atoms with E-state index in [-0.39, 0.29) is 19.1 Å². The summed E-state index contributed by atoms with van der Waals surface area (Å²) in [5.74, 6) is -0.210. The second-order valence-corrected chi connectivity index (χ2v) is 7.46. The number of nitrogens with one attached hydrogen (secondary N) is 1. The van der Waals surface area contributed by atoms with E-state index in [1.165, 1.54) is 0 Å². The Morgan fingerprint density at radius 3 is 2.59 bits per heavy atom. The highest BCUT2D eigenvalue weighted by atomic mass is 35.5. The van der Waals surface area contributed by atoms with Crippen LogP contribution in [0.15, 0.2) is 72.9 Å². The van der Waals surface area contributed by atoms with Crippen molar-refractivity contribution in [2.45, 2.75) is 0 Å². The van der Waals surface area contributed by atoms with E-state index in [2.05, 4.69) is 11.4 Å². The van der Waals surface area contributed by atoms with Gasteiger partial charge in [0, 0.05) is 23.3 Å². The molecule has 1 amide bonds. The van der Waals surface area contributed by atoms with Crippen LogP contribution in [0.4, 0.5) is 0 Å². The zero-order valence-corrected chi connectivity index (χ0v) is 16.9. The molecule has 4 nitrogen and oxygen atoms in total. The fourth-order valence-electron chi connectivity index (χ4n) is 3.31. The standard InChI is InChI=1S/C23H18Cl2N2O2/c24-19-6-7-21(20(25)14-19)27-10-8-15-4-5-17(13-22(15)27)16-2-1-3-18(12-16)23(29)26-9-11-28/h1-8,10,12-14,28H,9,11H2,(H,26,29). The lowest BCUT2D eigenvalue weighted by Crippen LogP contribution is -2.26. The number of aliphatic hydroxyl groups excluding tert-OH is 1. The fourth-order valence-corrected chi connectivity index (χ4v) is 3.81. The second-order valence-electron chi connectivity index (χ2n) is 6.62. The number of hydrogen-bond acceptors (Lipinski definition) is 2. The van der Waals surface area contributed by atoms with Crippen molar-refractivity contribution in [3.8, 4) is 16.8 Å². The Hall–Kier alpha value is -2.79. The number of benzene rings is 3. The van der Waals surface area contributed by atoms with Crippen molar-refractivity contribution in [1.29, 1.82) is 0 Å². The van der Waals surface area contributed by atoms with Crippen LogP contribution in [-0.2, 0) is 0 Å². The van der Waals surface area contributed by atoms with Crippen molar-refractivity contribution < 1.29 is 9.90 Å². The maximum absolute atomic E-state index is 12.2. The molecule has 0 saturated carbocycles. The Labute approximate surface area is 178 Å². The summed E-state index contributed by atoms with van der Waals surface area (Å²) in [5.41, 5.74) is 4.31. The van der Waals surface area contributed by atoms with E-state index in [9.17, 15) is 4.79 Å². The van der Waals surface area contributed by atoms with E-state index in [0.29, 0.717) is 15.6 Å². The van der Waals surface area contributed by atoms with Gasteiger partial charge in [0.2, 0.25) is 0 Å². The molecule has 0 unspecified atom stereocenters. The van der Waals surface area contributed by atoms with Crippen molar-refractivity contribution in [1.82, 2.24) is 9.88 Å². The van der Waals surface area contributed by atoms with Gasteiger partial charge in [-0.2, -0.15) is 0 Å². The van der Waals surface area contributed by atoms with E-state index in [1.807, 2.05) is 59.3 Å². The predicted octanol–water partition coefficient (Wildman–Crippen LogP) is 5.33. The molecular weight excluding hydrogens is 407 g/mol. The molecule has 4 rings (SSSR count). The smallest absolute Gasteiger partial charge is 0.251 e. The van der Waals surface area contributed by atoms with Gasteiger partial charge in [0.1, 0.15) is 0 Å². The Balaban J connectivity index is 1.76. The highest BCUT2D eigenvalue weighted by Crippen LogP contribution is 2.31. The van der Waals surface area contributed by atoms with Crippen LogP contribution in [-0.4, -0.2) is 28.7 Å². The van der Waals surface area contributed by atoms with Gasteiger partial charge < -0.3 is 15.0 Å². The van der Waals surface area contributed by atoms with Crippen molar-refractivity contribution in [2.24, 2.45) is 0 Å². The summed E-state index contributed by atoms with van der Waals surface area (Å²) in [6.45, 7) is 0.136. The predicted molar refractivity (Wildman–Crippen MR) is 118 cm³/mol. The molecule has 3 aromatic carbocycles. The highest BCUT2D eigenvalue weighted by Gasteiger charge is 2.11. The van der Waals surface area contributed by atoms with Gasteiger partial charge in [0.05, 0.1) is 22.8 Å². The molecule has 0 atom stereocenters. The minimum Gasteiger partial charge on any atom is -0.395 e. The van der Waals surface area contributed by atoms with Crippen LogP contribution < -0.4 is 5.32 Å². The first kappa shape index (κ1) is 19.5. The molecule has 6 heteroatoms. The van der Waals surface area contributed by atoms with Crippen LogP contribution in [0, 0.1) is 0 Å². The third kappa shape index (κ3) is 4.01. The Morgan fingerprint density at radius 1 is 0.966 bits per heavy atom. The van der Waals surface area contributed by atoms with Crippen LogP contribution >= 0.6 is 23.2 Å². The second kappa shape index (κ2) is 8.29. The molecule has 0 aliphatic carbocycles. The minimum absolute atomic E-state index is 0.0909. The van der Waals surface area contributed by atoms with Crippen LogP contribution in [0.3, 0.4) is 0 Å². The number of nitrogens with zero attached hydrogens (tertiary/aromatic N) is 1. The first-order chi connectivity index (χ1) is 14.1. The molecule has 0 spiro atoms. The van der Waals surface area contributed by atoms with Crippen molar-refractivity contribution in [2.75, 3.05) is 13.2 Å². The van der Waals surface area contributed by atoms with Crippen LogP contribution in [0.1, 0.15) is 10.4 Å². The van der Waals surface area contributed by atoms with Gasteiger partial charge in [-0.25, -0.2) is 0 Å². The van der Waals surface area contributed by atoms with Crippen molar-refractivity contribution in [3.63, 3.8) is 0 Å². The van der Waals surface area contributed by atoms with E-state index >= 15 is 0 Å². The number of fused-ring (bicyclic) bond motifs is 1. The van der Waals surface area contributed by atoms with E-state index in [1.54, 1.807) is 12.1 Å². The van der Waals surface area contributed by atoms with E-state index in [0.717, 1.165) is 27.7 Å². The maximum Gasteiger partial charge on any atom is 0.251 e. The van der Waals surface area contributed by atoms with Gasteiger partial charge in [0.25, 0.3) is 5.91 Å². The molecule has 0 bridgehead atoms. The molecule has 1 aromatic heterocycles.